The molecule has 0 N–H and O–H groups in total. The Bertz CT molecular complexity index is 805. The number of likely N-dealkylation sites (tertiary alicyclic amines) is 1. The van der Waals surface area contributed by atoms with Gasteiger partial charge in [0.1, 0.15) is 17.1 Å². The highest BCUT2D eigenvalue weighted by molar-refractivity contribution is 5.93. The predicted molar refractivity (Wildman–Crippen MR) is 79.6 cm³/mol. The van der Waals surface area contributed by atoms with E-state index in [9.17, 15) is 4.79 Å². The van der Waals surface area contributed by atoms with E-state index in [4.69, 9.17) is 4.74 Å². The van der Waals surface area contributed by atoms with Crippen molar-refractivity contribution in [3.05, 3.63) is 41.5 Å². The minimum Gasteiger partial charge on any atom is -0.360 e. The number of hydrogen-bond donors (Lipinski definition) is 0. The molecule has 0 unspecified atom stereocenters. The van der Waals surface area contributed by atoms with Gasteiger partial charge in [0.05, 0.1) is 37.9 Å². The molecule has 2 aliphatic heterocycles. The maximum atomic E-state index is 12.5. The Kier molecular flexibility index (Phi) is 2.51. The topological polar surface area (TPSA) is 73.1 Å². The monoisotopic (exact) mass is 311 g/mol. The first-order valence-corrected chi connectivity index (χ1v) is 7.92. The number of ether oxygens (including phenoxy) is 1. The van der Waals surface area contributed by atoms with E-state index < -0.39 is 5.60 Å². The van der Waals surface area contributed by atoms with Crippen molar-refractivity contribution in [3.63, 3.8) is 0 Å². The summed E-state index contributed by atoms with van der Waals surface area (Å²) in [6, 6.07) is 0. The molecule has 1 saturated heterocycles. The number of fused-ring (bicyclic) bond motifs is 2. The second-order valence-corrected chi connectivity index (χ2v) is 6.70. The third kappa shape index (κ3) is 1.86. The smallest absolute Gasteiger partial charge is 0.272 e. The van der Waals surface area contributed by atoms with Crippen molar-refractivity contribution in [1.82, 2.24) is 24.4 Å². The SMILES string of the molecule is Cn1cncc1C(=O)N1CC2(C1)OCc1nc(C3CC3)ncc12. The van der Waals surface area contributed by atoms with E-state index in [2.05, 4.69) is 15.0 Å². The van der Waals surface area contributed by atoms with Gasteiger partial charge in [0, 0.05) is 24.7 Å². The van der Waals surface area contributed by atoms with Gasteiger partial charge in [-0.1, -0.05) is 0 Å². The van der Waals surface area contributed by atoms with E-state index in [1.807, 2.05) is 13.2 Å². The van der Waals surface area contributed by atoms with E-state index in [1.54, 1.807) is 22.0 Å². The van der Waals surface area contributed by atoms with Crippen molar-refractivity contribution in [3.8, 4) is 0 Å². The van der Waals surface area contributed by atoms with Crippen LogP contribution in [0.1, 0.15) is 46.3 Å². The van der Waals surface area contributed by atoms with Crippen LogP contribution in [0.4, 0.5) is 0 Å². The van der Waals surface area contributed by atoms with E-state index in [0.29, 0.717) is 31.3 Å². The van der Waals surface area contributed by atoms with E-state index in [1.165, 1.54) is 12.8 Å². The van der Waals surface area contributed by atoms with Gasteiger partial charge >= 0.3 is 0 Å². The van der Waals surface area contributed by atoms with Crippen molar-refractivity contribution in [1.29, 1.82) is 0 Å². The summed E-state index contributed by atoms with van der Waals surface area (Å²) in [6.45, 7) is 1.62. The average Bonchev–Trinajstić information content (AvgIpc) is 3.17. The van der Waals surface area contributed by atoms with Crippen LogP contribution in [0, 0.1) is 0 Å². The summed E-state index contributed by atoms with van der Waals surface area (Å²) in [5.41, 5.74) is 2.23. The van der Waals surface area contributed by atoms with Gasteiger partial charge in [-0.05, 0) is 12.8 Å². The van der Waals surface area contributed by atoms with Crippen LogP contribution in [-0.2, 0) is 24.0 Å². The van der Waals surface area contributed by atoms with Crippen LogP contribution >= 0.6 is 0 Å². The van der Waals surface area contributed by atoms with E-state index in [0.717, 1.165) is 17.1 Å². The lowest BCUT2D eigenvalue weighted by atomic mass is 9.87. The van der Waals surface area contributed by atoms with Crippen LogP contribution in [0.25, 0.3) is 0 Å². The molecule has 2 aromatic heterocycles. The predicted octanol–water partition coefficient (Wildman–Crippen LogP) is 0.969. The second-order valence-electron chi connectivity index (χ2n) is 6.70. The van der Waals surface area contributed by atoms with Crippen LogP contribution < -0.4 is 0 Å². The highest BCUT2D eigenvalue weighted by atomic mass is 16.5. The Morgan fingerprint density at radius 1 is 1.35 bits per heavy atom. The molecule has 0 bridgehead atoms. The fourth-order valence-electron chi connectivity index (χ4n) is 3.45. The number of rotatable bonds is 2. The van der Waals surface area contributed by atoms with E-state index >= 15 is 0 Å². The fourth-order valence-corrected chi connectivity index (χ4v) is 3.45. The van der Waals surface area contributed by atoms with Gasteiger partial charge in [0.2, 0.25) is 0 Å². The van der Waals surface area contributed by atoms with Gasteiger partial charge in [-0.15, -0.1) is 0 Å². The summed E-state index contributed by atoms with van der Waals surface area (Å²) in [4.78, 5) is 27.5. The highest BCUT2D eigenvalue weighted by Gasteiger charge is 2.53. The van der Waals surface area contributed by atoms with Crippen molar-refractivity contribution >= 4 is 5.91 Å². The summed E-state index contributed by atoms with van der Waals surface area (Å²) in [5.74, 6) is 1.48. The standard InChI is InChI=1S/C16H17N5O2/c1-20-9-17-5-13(20)15(22)21-7-16(8-21)11-4-18-14(10-2-3-10)19-12(11)6-23-16/h4-5,9-10H,2-3,6-8H2,1H3. The molecule has 2 fully saturated rings. The Morgan fingerprint density at radius 3 is 2.87 bits per heavy atom. The normalized spacial score (nSPS) is 21.3. The zero-order valence-corrected chi connectivity index (χ0v) is 12.9. The third-order valence-electron chi connectivity index (χ3n) is 5.02. The number of carbonyl (C=O) groups is 1. The molecule has 0 radical (unpaired) electrons. The number of nitrogens with zero attached hydrogens (tertiary/aromatic N) is 5. The molecule has 1 aliphatic carbocycles. The van der Waals surface area contributed by atoms with E-state index in [-0.39, 0.29) is 5.91 Å². The molecule has 7 heteroatoms. The largest absolute Gasteiger partial charge is 0.360 e. The molecule has 7 nitrogen and oxygen atoms in total. The van der Waals surface area contributed by atoms with Crippen molar-refractivity contribution < 1.29 is 9.53 Å². The number of imidazole rings is 1. The van der Waals surface area contributed by atoms with Crippen LogP contribution in [0.2, 0.25) is 0 Å². The first kappa shape index (κ1) is 13.2. The molecule has 1 amide bonds. The van der Waals surface area contributed by atoms with Crippen molar-refractivity contribution in [2.24, 2.45) is 7.05 Å². The molecule has 2 aromatic rings. The maximum Gasteiger partial charge on any atom is 0.272 e. The molecule has 0 atom stereocenters. The fraction of sp³-hybridized carbons (Fsp3) is 0.500. The van der Waals surface area contributed by atoms with Crippen LogP contribution in [0.3, 0.4) is 0 Å². The summed E-state index contributed by atoms with van der Waals surface area (Å²) in [7, 11) is 1.82. The summed E-state index contributed by atoms with van der Waals surface area (Å²) in [5, 5.41) is 0. The second kappa shape index (κ2) is 4.38. The van der Waals surface area contributed by atoms with Gasteiger partial charge < -0.3 is 14.2 Å². The Balaban J connectivity index is 1.37. The molecule has 3 aliphatic rings. The molecular weight excluding hydrogens is 294 g/mol. The minimum absolute atomic E-state index is 0.0109. The van der Waals surface area contributed by atoms with Gasteiger partial charge in [-0.2, -0.15) is 0 Å². The quantitative estimate of drug-likeness (QED) is 0.826. The third-order valence-corrected chi connectivity index (χ3v) is 5.02. The minimum atomic E-state index is -0.411. The zero-order chi connectivity index (χ0) is 15.6. The Morgan fingerprint density at radius 2 is 2.17 bits per heavy atom. The molecule has 1 saturated carbocycles. The highest BCUT2D eigenvalue weighted by Crippen LogP contribution is 2.44. The Labute approximate surface area is 133 Å². The van der Waals surface area contributed by atoms with Gasteiger partial charge in [-0.25, -0.2) is 15.0 Å². The lowest BCUT2D eigenvalue weighted by Crippen LogP contribution is -2.61. The summed E-state index contributed by atoms with van der Waals surface area (Å²) in [6.07, 6.45) is 7.53. The molecule has 1 spiro atoms. The van der Waals surface area contributed by atoms with Crippen molar-refractivity contribution in [2.45, 2.75) is 31.0 Å². The van der Waals surface area contributed by atoms with Gasteiger partial charge in [0.25, 0.3) is 5.91 Å². The van der Waals surface area contributed by atoms with Crippen molar-refractivity contribution in [2.75, 3.05) is 13.1 Å². The molecule has 5 rings (SSSR count). The van der Waals surface area contributed by atoms with Crippen LogP contribution in [0.5, 0.6) is 0 Å². The lowest BCUT2D eigenvalue weighted by molar-refractivity contribution is -0.126. The molecule has 4 heterocycles. The molecule has 118 valence electrons. The summed E-state index contributed by atoms with van der Waals surface area (Å²) >= 11 is 0. The number of hydrogen-bond acceptors (Lipinski definition) is 5. The maximum absolute atomic E-state index is 12.5. The van der Waals surface area contributed by atoms with Crippen LogP contribution in [-0.4, -0.2) is 43.4 Å². The van der Waals surface area contributed by atoms with Gasteiger partial charge in [-0.3, -0.25) is 4.79 Å². The van der Waals surface area contributed by atoms with Crippen LogP contribution in [0.15, 0.2) is 18.7 Å². The first-order chi connectivity index (χ1) is 11.2. The molecule has 0 aromatic carbocycles. The number of amides is 1. The molecular formula is C16H17N5O2. The number of carbonyl (C=O) groups excluding carboxylic acids is 1. The Hall–Kier alpha value is -2.28. The first-order valence-electron chi connectivity index (χ1n) is 7.92. The van der Waals surface area contributed by atoms with Gasteiger partial charge in [0.15, 0.2) is 0 Å². The number of aryl methyl sites for hydroxylation is 1. The summed E-state index contributed by atoms with van der Waals surface area (Å²) < 4.78 is 7.75. The zero-order valence-electron chi connectivity index (χ0n) is 12.9. The average molecular weight is 311 g/mol. The lowest BCUT2D eigenvalue weighted by Gasteiger charge is -2.47. The number of aromatic nitrogens is 4. The molecule has 23 heavy (non-hydrogen) atoms.